The van der Waals surface area contributed by atoms with Gasteiger partial charge < -0.3 is 14.2 Å². The third-order valence-electron chi connectivity index (χ3n) is 6.39. The first-order valence-corrected chi connectivity index (χ1v) is 13.6. The number of hydrogen-bond acceptors (Lipinski definition) is 4. The molecule has 0 spiro atoms. The molecule has 1 saturated heterocycles. The molecular weight excluding hydrogens is 507 g/mol. The van der Waals surface area contributed by atoms with Crippen molar-refractivity contribution < 1.29 is 19.0 Å². The Morgan fingerprint density at radius 3 is 2.69 bits per heavy atom. The smallest absolute Gasteiger partial charge is 0.306 e. The topological polar surface area (TPSA) is 44.8 Å². The van der Waals surface area contributed by atoms with Crippen LogP contribution in [0.5, 0.6) is 0 Å². The van der Waals surface area contributed by atoms with Crippen molar-refractivity contribution in [2.24, 2.45) is 11.8 Å². The molecule has 0 bridgehead atoms. The molecular formula is C28H35Cl3O4. The fraction of sp³-hybridized carbons (Fsp3) is 0.536. The van der Waals surface area contributed by atoms with Crippen LogP contribution >= 0.6 is 34.8 Å². The summed E-state index contributed by atoms with van der Waals surface area (Å²) in [5, 5.41) is 1.21. The van der Waals surface area contributed by atoms with E-state index in [1.807, 2.05) is 12.1 Å². The quantitative estimate of drug-likeness (QED) is 0.116. The summed E-state index contributed by atoms with van der Waals surface area (Å²) < 4.78 is 17.3. The summed E-state index contributed by atoms with van der Waals surface area (Å²) in [6.45, 7) is 4.56. The van der Waals surface area contributed by atoms with Gasteiger partial charge in [0.05, 0.1) is 6.10 Å². The van der Waals surface area contributed by atoms with E-state index >= 15 is 0 Å². The van der Waals surface area contributed by atoms with Crippen molar-refractivity contribution in [1.29, 1.82) is 0 Å². The van der Waals surface area contributed by atoms with Gasteiger partial charge in [0.25, 0.3) is 0 Å². The fourth-order valence-corrected chi connectivity index (χ4v) is 5.64. The predicted molar refractivity (Wildman–Crippen MR) is 144 cm³/mol. The second-order valence-electron chi connectivity index (χ2n) is 9.10. The molecule has 1 unspecified atom stereocenters. The third kappa shape index (κ3) is 9.59. The summed E-state index contributed by atoms with van der Waals surface area (Å²) in [6.07, 6.45) is 16.7. The summed E-state index contributed by atoms with van der Waals surface area (Å²) >= 11 is 19.2. The normalized spacial score (nSPS) is 27.0. The highest BCUT2D eigenvalue weighted by molar-refractivity contribution is 6.34. The lowest BCUT2D eigenvalue weighted by Crippen LogP contribution is -2.30. The molecule has 1 aromatic carbocycles. The Morgan fingerprint density at radius 1 is 1.17 bits per heavy atom. The van der Waals surface area contributed by atoms with E-state index in [9.17, 15) is 4.79 Å². The van der Waals surface area contributed by atoms with Gasteiger partial charge in [0, 0.05) is 34.4 Å². The van der Waals surface area contributed by atoms with E-state index in [2.05, 4.69) is 30.9 Å². The number of alkyl halides is 1. The molecule has 1 heterocycles. The number of benzene rings is 1. The molecule has 1 aromatic rings. The molecule has 1 saturated carbocycles. The van der Waals surface area contributed by atoms with Gasteiger partial charge in [-0.1, -0.05) is 60.2 Å². The highest BCUT2D eigenvalue weighted by atomic mass is 35.5. The van der Waals surface area contributed by atoms with Crippen LogP contribution in [0.1, 0.15) is 56.9 Å². The van der Waals surface area contributed by atoms with E-state index in [4.69, 9.17) is 49.0 Å². The van der Waals surface area contributed by atoms with E-state index in [-0.39, 0.29) is 42.2 Å². The second kappa shape index (κ2) is 15.1. The monoisotopic (exact) mass is 540 g/mol. The van der Waals surface area contributed by atoms with Crippen LogP contribution < -0.4 is 0 Å². The van der Waals surface area contributed by atoms with E-state index in [1.54, 1.807) is 12.1 Å². The van der Waals surface area contributed by atoms with Crippen molar-refractivity contribution in [3.63, 3.8) is 0 Å². The molecule has 1 aliphatic heterocycles. The lowest BCUT2D eigenvalue weighted by Gasteiger charge is -2.29. The average molecular weight is 542 g/mol. The third-order valence-corrected chi connectivity index (χ3v) is 7.33. The molecule has 2 aliphatic rings. The molecule has 3 rings (SSSR count). The molecule has 35 heavy (non-hydrogen) atoms. The second-order valence-corrected chi connectivity index (χ2v) is 10.5. The zero-order chi connectivity index (χ0) is 25.0. The zero-order valence-corrected chi connectivity index (χ0v) is 22.3. The van der Waals surface area contributed by atoms with Crippen molar-refractivity contribution in [2.45, 2.75) is 69.1 Å². The van der Waals surface area contributed by atoms with Gasteiger partial charge in [-0.3, -0.25) is 4.79 Å². The van der Waals surface area contributed by atoms with Crippen LogP contribution in [0, 0.1) is 11.8 Å². The maximum Gasteiger partial charge on any atom is 0.306 e. The molecule has 0 aromatic heterocycles. The largest absolute Gasteiger partial charge is 0.461 e. The van der Waals surface area contributed by atoms with E-state index in [0.717, 1.165) is 57.1 Å². The minimum Gasteiger partial charge on any atom is -0.461 e. The minimum absolute atomic E-state index is 0.000258. The first-order chi connectivity index (χ1) is 17.0. The first-order valence-electron chi connectivity index (χ1n) is 12.4. The molecule has 192 valence electrons. The number of ether oxygens (including phenoxy) is 3. The van der Waals surface area contributed by atoms with Gasteiger partial charge in [-0.15, -0.1) is 11.6 Å². The number of carbonyl (C=O) groups excluding carboxylic acids is 1. The van der Waals surface area contributed by atoms with E-state index in [0.29, 0.717) is 16.5 Å². The van der Waals surface area contributed by atoms with Crippen LogP contribution in [0.25, 0.3) is 6.08 Å². The Labute approximate surface area is 224 Å². The number of hydrogen-bond donors (Lipinski definition) is 0. The van der Waals surface area contributed by atoms with Gasteiger partial charge >= 0.3 is 5.97 Å². The molecule has 5 atom stereocenters. The number of unbranched alkanes of at least 4 members (excludes halogenated alkanes) is 1. The van der Waals surface area contributed by atoms with Gasteiger partial charge in [-0.2, -0.15) is 0 Å². The molecule has 1 aliphatic carbocycles. The number of halogens is 3. The molecule has 4 nitrogen and oxygen atoms in total. The summed E-state index contributed by atoms with van der Waals surface area (Å²) in [5.74, 6) is 0.176. The molecule has 0 radical (unpaired) electrons. The predicted octanol–water partition coefficient (Wildman–Crippen LogP) is 8.01. The average Bonchev–Trinajstić information content (AvgIpc) is 3.12. The Hall–Kier alpha value is -1.30. The maximum atomic E-state index is 11.6. The Kier molecular flexibility index (Phi) is 12.2. The fourth-order valence-electron chi connectivity index (χ4n) is 4.65. The summed E-state index contributed by atoms with van der Waals surface area (Å²) in [5.41, 5.74) is 0.950. The Bertz CT molecular complexity index is 859. The molecule has 2 fully saturated rings. The van der Waals surface area contributed by atoms with Crippen molar-refractivity contribution in [1.82, 2.24) is 0 Å². The van der Waals surface area contributed by atoms with Gasteiger partial charge in [-0.25, -0.2) is 0 Å². The standard InChI is InChI=1S/C28H35Cl3O4/c1-2-14-33-27(32)10-6-4-3-5-9-23-24(13-12-20-16-21(29)18-22(30)17-20)26(19-25(23)31)35-28-11-7-8-15-34-28/h2-3,5,12-13,16-18,23-26,28H,1,4,6-11,14-15,19H2/b5-3-,13-12?/t23-,24-,25-,26-,28?/m1/s1. The lowest BCUT2D eigenvalue weighted by molar-refractivity contribution is -0.192. The number of rotatable bonds is 12. The van der Waals surface area contributed by atoms with E-state index < -0.39 is 0 Å². The summed E-state index contributed by atoms with van der Waals surface area (Å²) in [4.78, 5) is 11.6. The van der Waals surface area contributed by atoms with Crippen LogP contribution in [-0.2, 0) is 19.0 Å². The summed E-state index contributed by atoms with van der Waals surface area (Å²) in [7, 11) is 0. The molecule has 0 amide bonds. The van der Waals surface area contributed by atoms with Crippen LogP contribution in [0.3, 0.4) is 0 Å². The molecule has 7 heteroatoms. The Balaban J connectivity index is 1.62. The van der Waals surface area contributed by atoms with Crippen LogP contribution in [-0.4, -0.2) is 37.0 Å². The SMILES string of the molecule is C=CCOC(=O)CCC/C=C\C[C@@H]1[C@@H](C=Cc2cc(Cl)cc(Cl)c2)[C@H](OC2CCCCO2)C[C@H]1Cl. The highest BCUT2D eigenvalue weighted by Gasteiger charge is 2.42. The molecule has 0 N–H and O–H groups in total. The maximum absolute atomic E-state index is 11.6. The van der Waals surface area contributed by atoms with Gasteiger partial charge in [-0.05, 0) is 74.6 Å². The van der Waals surface area contributed by atoms with E-state index in [1.165, 1.54) is 0 Å². The van der Waals surface area contributed by atoms with Crippen molar-refractivity contribution in [2.75, 3.05) is 13.2 Å². The highest BCUT2D eigenvalue weighted by Crippen LogP contribution is 2.42. The number of esters is 1. The van der Waals surface area contributed by atoms with Crippen LogP contribution in [0.15, 0.2) is 49.1 Å². The van der Waals surface area contributed by atoms with Crippen molar-refractivity contribution in [3.8, 4) is 0 Å². The van der Waals surface area contributed by atoms with Crippen LogP contribution in [0.4, 0.5) is 0 Å². The zero-order valence-electron chi connectivity index (χ0n) is 20.1. The number of allylic oxidation sites excluding steroid dienone is 2. The van der Waals surface area contributed by atoms with Crippen molar-refractivity contribution >= 4 is 46.8 Å². The van der Waals surface area contributed by atoms with Gasteiger partial charge in [0.2, 0.25) is 0 Å². The first kappa shape index (κ1) is 28.3. The number of carbonyl (C=O) groups is 1. The summed E-state index contributed by atoms with van der Waals surface area (Å²) in [6, 6.07) is 5.52. The van der Waals surface area contributed by atoms with Gasteiger partial charge in [0.1, 0.15) is 6.61 Å². The van der Waals surface area contributed by atoms with Gasteiger partial charge in [0.15, 0.2) is 6.29 Å². The van der Waals surface area contributed by atoms with Crippen LogP contribution in [0.2, 0.25) is 10.0 Å². The Morgan fingerprint density at radius 2 is 1.97 bits per heavy atom. The lowest BCUT2D eigenvalue weighted by atomic mass is 9.90. The van der Waals surface area contributed by atoms with Crippen molar-refractivity contribution in [3.05, 3.63) is 64.7 Å². The minimum atomic E-state index is -0.189.